The van der Waals surface area contributed by atoms with E-state index in [2.05, 4.69) is 5.32 Å². The average molecular weight is 200 g/mol. The maximum absolute atomic E-state index is 11.4. The molecule has 0 aromatic rings. The van der Waals surface area contributed by atoms with Crippen molar-refractivity contribution in [3.63, 3.8) is 0 Å². The summed E-state index contributed by atoms with van der Waals surface area (Å²) < 4.78 is 4.97. The molecular formula is C10H20N2O2. The molecule has 3 unspecified atom stereocenters. The standard InChI is InChI=1S/C10H20N2O2/c1-3-14-10(13)9-6-4-5-8(12-9)7(2)11/h7-9,12H,3-6,11H2,1-2H3. The second-order valence-corrected chi connectivity index (χ2v) is 3.87. The fraction of sp³-hybridized carbons (Fsp3) is 0.900. The Morgan fingerprint density at radius 3 is 2.93 bits per heavy atom. The number of carbonyl (C=O) groups is 1. The molecule has 0 saturated carbocycles. The van der Waals surface area contributed by atoms with Crippen LogP contribution in [0.2, 0.25) is 0 Å². The van der Waals surface area contributed by atoms with Gasteiger partial charge in [-0.05, 0) is 33.1 Å². The van der Waals surface area contributed by atoms with E-state index in [-0.39, 0.29) is 24.1 Å². The largest absolute Gasteiger partial charge is 0.465 e. The lowest BCUT2D eigenvalue weighted by Gasteiger charge is -2.31. The first kappa shape index (κ1) is 11.5. The maximum Gasteiger partial charge on any atom is 0.323 e. The quantitative estimate of drug-likeness (QED) is 0.648. The first-order chi connectivity index (χ1) is 6.65. The van der Waals surface area contributed by atoms with Gasteiger partial charge >= 0.3 is 5.97 Å². The maximum atomic E-state index is 11.4. The Balaban J connectivity index is 2.43. The molecule has 0 aliphatic carbocycles. The topological polar surface area (TPSA) is 64.3 Å². The summed E-state index contributed by atoms with van der Waals surface area (Å²) in [6.45, 7) is 4.23. The van der Waals surface area contributed by atoms with Crippen molar-refractivity contribution in [3.05, 3.63) is 0 Å². The van der Waals surface area contributed by atoms with E-state index in [1.165, 1.54) is 0 Å². The van der Waals surface area contributed by atoms with Crippen LogP contribution in [0.5, 0.6) is 0 Å². The third kappa shape index (κ3) is 2.96. The third-order valence-electron chi connectivity index (χ3n) is 2.63. The molecule has 0 spiro atoms. The molecule has 0 aromatic heterocycles. The molecule has 1 saturated heterocycles. The van der Waals surface area contributed by atoms with Crippen molar-refractivity contribution in [2.24, 2.45) is 5.73 Å². The van der Waals surface area contributed by atoms with Gasteiger partial charge in [-0.1, -0.05) is 0 Å². The highest BCUT2D eigenvalue weighted by Gasteiger charge is 2.28. The van der Waals surface area contributed by atoms with Gasteiger partial charge < -0.3 is 15.8 Å². The highest BCUT2D eigenvalue weighted by molar-refractivity contribution is 5.75. The number of hydrogen-bond donors (Lipinski definition) is 2. The number of carbonyl (C=O) groups excluding carboxylic acids is 1. The predicted molar refractivity (Wildman–Crippen MR) is 54.8 cm³/mol. The van der Waals surface area contributed by atoms with Gasteiger partial charge in [0.15, 0.2) is 0 Å². The van der Waals surface area contributed by atoms with Crippen LogP contribution in [0.1, 0.15) is 33.1 Å². The van der Waals surface area contributed by atoms with Crippen LogP contribution >= 0.6 is 0 Å². The SMILES string of the molecule is CCOC(=O)C1CCCC(C(C)N)N1. The summed E-state index contributed by atoms with van der Waals surface area (Å²) in [5.41, 5.74) is 5.79. The molecule has 82 valence electrons. The minimum Gasteiger partial charge on any atom is -0.465 e. The fourth-order valence-corrected chi connectivity index (χ4v) is 1.81. The number of piperidine rings is 1. The second-order valence-electron chi connectivity index (χ2n) is 3.87. The first-order valence-corrected chi connectivity index (χ1v) is 5.33. The Bertz CT molecular complexity index is 195. The van der Waals surface area contributed by atoms with Crippen LogP contribution < -0.4 is 11.1 Å². The van der Waals surface area contributed by atoms with E-state index in [0.29, 0.717) is 6.61 Å². The summed E-state index contributed by atoms with van der Waals surface area (Å²) >= 11 is 0. The Kier molecular flexibility index (Phi) is 4.35. The van der Waals surface area contributed by atoms with Crippen molar-refractivity contribution < 1.29 is 9.53 Å². The number of nitrogens with two attached hydrogens (primary N) is 1. The fourth-order valence-electron chi connectivity index (χ4n) is 1.81. The zero-order chi connectivity index (χ0) is 10.6. The zero-order valence-corrected chi connectivity index (χ0v) is 8.95. The Hall–Kier alpha value is -0.610. The van der Waals surface area contributed by atoms with Gasteiger partial charge in [0, 0.05) is 12.1 Å². The molecule has 0 radical (unpaired) electrons. The molecule has 0 amide bonds. The van der Waals surface area contributed by atoms with E-state index in [4.69, 9.17) is 10.5 Å². The van der Waals surface area contributed by atoms with Crippen LogP contribution in [0.4, 0.5) is 0 Å². The molecule has 0 aromatic carbocycles. The van der Waals surface area contributed by atoms with E-state index in [0.717, 1.165) is 19.3 Å². The molecule has 14 heavy (non-hydrogen) atoms. The van der Waals surface area contributed by atoms with Crippen molar-refractivity contribution in [2.45, 2.75) is 51.2 Å². The van der Waals surface area contributed by atoms with Crippen molar-refractivity contribution in [1.82, 2.24) is 5.32 Å². The summed E-state index contributed by atoms with van der Waals surface area (Å²) in [7, 11) is 0. The number of esters is 1. The molecule has 1 heterocycles. The van der Waals surface area contributed by atoms with Gasteiger partial charge in [-0.3, -0.25) is 4.79 Å². The minimum atomic E-state index is -0.153. The molecule has 1 aliphatic heterocycles. The van der Waals surface area contributed by atoms with Crippen LogP contribution in [0.15, 0.2) is 0 Å². The van der Waals surface area contributed by atoms with Crippen molar-refractivity contribution >= 4 is 5.97 Å². The van der Waals surface area contributed by atoms with E-state index >= 15 is 0 Å². The van der Waals surface area contributed by atoms with Crippen LogP contribution in [-0.2, 0) is 9.53 Å². The molecule has 1 fully saturated rings. The number of ether oxygens (including phenoxy) is 1. The van der Waals surface area contributed by atoms with Crippen LogP contribution in [0, 0.1) is 0 Å². The molecule has 1 aliphatic rings. The highest BCUT2D eigenvalue weighted by atomic mass is 16.5. The Morgan fingerprint density at radius 2 is 2.36 bits per heavy atom. The van der Waals surface area contributed by atoms with Crippen molar-refractivity contribution in [3.8, 4) is 0 Å². The lowest BCUT2D eigenvalue weighted by molar-refractivity contribution is -0.146. The molecule has 4 nitrogen and oxygen atoms in total. The predicted octanol–water partition coefficient (Wildman–Crippen LogP) is 0.407. The van der Waals surface area contributed by atoms with E-state index in [9.17, 15) is 4.79 Å². The summed E-state index contributed by atoms with van der Waals surface area (Å²) in [6.07, 6.45) is 2.96. The normalized spacial score (nSPS) is 29.6. The number of rotatable bonds is 3. The number of hydrogen-bond acceptors (Lipinski definition) is 4. The van der Waals surface area contributed by atoms with Gasteiger partial charge in [-0.2, -0.15) is 0 Å². The summed E-state index contributed by atoms with van der Waals surface area (Å²) in [4.78, 5) is 11.4. The zero-order valence-electron chi connectivity index (χ0n) is 8.95. The molecule has 1 rings (SSSR count). The summed E-state index contributed by atoms with van der Waals surface area (Å²) in [5, 5.41) is 3.24. The average Bonchev–Trinajstić information content (AvgIpc) is 2.18. The van der Waals surface area contributed by atoms with E-state index in [1.54, 1.807) is 0 Å². The van der Waals surface area contributed by atoms with Gasteiger partial charge in [0.25, 0.3) is 0 Å². The first-order valence-electron chi connectivity index (χ1n) is 5.33. The summed E-state index contributed by atoms with van der Waals surface area (Å²) in [6, 6.07) is 0.185. The monoisotopic (exact) mass is 200 g/mol. The van der Waals surface area contributed by atoms with Crippen LogP contribution in [0.3, 0.4) is 0 Å². The number of nitrogens with one attached hydrogen (secondary N) is 1. The van der Waals surface area contributed by atoms with Gasteiger partial charge in [-0.15, -0.1) is 0 Å². The van der Waals surface area contributed by atoms with E-state index < -0.39 is 0 Å². The lowest BCUT2D eigenvalue weighted by Crippen LogP contribution is -2.53. The van der Waals surface area contributed by atoms with Gasteiger partial charge in [0.05, 0.1) is 6.61 Å². The van der Waals surface area contributed by atoms with Crippen LogP contribution in [-0.4, -0.2) is 30.7 Å². The Morgan fingerprint density at radius 1 is 1.64 bits per heavy atom. The lowest BCUT2D eigenvalue weighted by atomic mass is 9.95. The highest BCUT2D eigenvalue weighted by Crippen LogP contribution is 2.15. The smallest absolute Gasteiger partial charge is 0.323 e. The van der Waals surface area contributed by atoms with E-state index in [1.807, 2.05) is 13.8 Å². The molecule has 4 heteroatoms. The van der Waals surface area contributed by atoms with Crippen molar-refractivity contribution in [1.29, 1.82) is 0 Å². The summed E-state index contributed by atoms with van der Waals surface area (Å²) in [5.74, 6) is -0.141. The molecular weight excluding hydrogens is 180 g/mol. The minimum absolute atomic E-state index is 0.0900. The molecule has 0 bridgehead atoms. The van der Waals surface area contributed by atoms with Crippen molar-refractivity contribution in [2.75, 3.05) is 6.61 Å². The molecule has 3 N–H and O–H groups in total. The van der Waals surface area contributed by atoms with Crippen LogP contribution in [0.25, 0.3) is 0 Å². The van der Waals surface area contributed by atoms with Gasteiger partial charge in [-0.25, -0.2) is 0 Å². The third-order valence-corrected chi connectivity index (χ3v) is 2.63. The van der Waals surface area contributed by atoms with Gasteiger partial charge in [0.1, 0.15) is 6.04 Å². The molecule has 3 atom stereocenters. The second kappa shape index (κ2) is 5.32. The van der Waals surface area contributed by atoms with Gasteiger partial charge in [0.2, 0.25) is 0 Å². The Labute approximate surface area is 85.2 Å².